The third-order valence-corrected chi connectivity index (χ3v) is 8.63. The van der Waals surface area contributed by atoms with Gasteiger partial charge in [0.1, 0.15) is 24.3 Å². The quantitative estimate of drug-likeness (QED) is 0.148. The van der Waals surface area contributed by atoms with Gasteiger partial charge in [0, 0.05) is 64.0 Å². The molecule has 1 aliphatic heterocycles. The first-order valence-electron chi connectivity index (χ1n) is 14.4. The fourth-order valence-corrected chi connectivity index (χ4v) is 6.16. The van der Waals surface area contributed by atoms with E-state index in [1.165, 1.54) is 30.3 Å². The topological polar surface area (TPSA) is 94.4 Å². The Morgan fingerprint density at radius 1 is 1.04 bits per heavy atom. The molecule has 1 aliphatic rings. The maximum atomic E-state index is 15.6. The summed E-state index contributed by atoms with van der Waals surface area (Å²) >= 11 is 9.55. The number of benzene rings is 3. The molecule has 46 heavy (non-hydrogen) atoms. The van der Waals surface area contributed by atoms with Gasteiger partial charge in [-0.05, 0) is 52.7 Å². The van der Waals surface area contributed by atoms with Gasteiger partial charge >= 0.3 is 6.01 Å². The van der Waals surface area contributed by atoms with Crippen LogP contribution in [0.25, 0.3) is 22.0 Å². The van der Waals surface area contributed by atoms with Crippen LogP contribution in [-0.4, -0.2) is 55.7 Å². The highest BCUT2D eigenvalue weighted by molar-refractivity contribution is 9.10. The summed E-state index contributed by atoms with van der Waals surface area (Å²) in [5, 5.41) is 0.909. The SMILES string of the molecule is CC(=O)c1cn(CC(=O)N2C[C@H](F)C[C@H]2C(=O)Cc2cccc(-c3ccccc3Cl)c2F)c2ccc(Oc3ncc(Br)cn3)cc12. The normalized spacial score (nSPS) is 16.2. The summed E-state index contributed by atoms with van der Waals surface area (Å²) in [5.41, 5.74) is 1.79. The van der Waals surface area contributed by atoms with Crippen LogP contribution in [0.1, 0.15) is 29.3 Å². The van der Waals surface area contributed by atoms with E-state index in [0.717, 1.165) is 0 Å². The van der Waals surface area contributed by atoms with Crippen LogP contribution in [0.15, 0.2) is 83.7 Å². The monoisotopic (exact) mass is 706 g/mol. The second-order valence-electron chi connectivity index (χ2n) is 11.0. The first-order chi connectivity index (χ1) is 22.1. The molecule has 3 aromatic carbocycles. The largest absolute Gasteiger partial charge is 0.424 e. The number of nitrogens with zero attached hydrogens (tertiary/aromatic N) is 4. The van der Waals surface area contributed by atoms with Crippen molar-refractivity contribution in [3.05, 3.63) is 106 Å². The van der Waals surface area contributed by atoms with Crippen molar-refractivity contribution in [3.8, 4) is 22.9 Å². The minimum absolute atomic E-state index is 0.113. The van der Waals surface area contributed by atoms with Crippen LogP contribution >= 0.6 is 27.5 Å². The van der Waals surface area contributed by atoms with E-state index in [9.17, 15) is 18.8 Å². The Bertz CT molecular complexity index is 1980. The molecule has 1 amide bonds. The van der Waals surface area contributed by atoms with Gasteiger partial charge in [-0.25, -0.2) is 18.7 Å². The molecule has 0 unspecified atom stereocenters. The second-order valence-corrected chi connectivity index (χ2v) is 12.3. The summed E-state index contributed by atoms with van der Waals surface area (Å²) in [4.78, 5) is 49.0. The minimum Gasteiger partial charge on any atom is -0.424 e. The molecule has 0 saturated carbocycles. The number of Topliss-reactive ketones (excluding diaryl/α,β-unsaturated/α-hetero) is 2. The third kappa shape index (κ3) is 6.43. The molecule has 6 rings (SSSR count). The lowest BCUT2D eigenvalue weighted by Gasteiger charge is -2.24. The van der Waals surface area contributed by atoms with Gasteiger partial charge in [-0.2, -0.15) is 0 Å². The molecule has 2 aromatic heterocycles. The molecule has 8 nitrogen and oxygen atoms in total. The molecule has 0 N–H and O–H groups in total. The number of hydrogen-bond acceptors (Lipinski definition) is 6. The van der Waals surface area contributed by atoms with Crippen LogP contribution in [0, 0.1) is 5.82 Å². The number of carbonyl (C=O) groups is 3. The number of halogens is 4. The highest BCUT2D eigenvalue weighted by Gasteiger charge is 2.39. The smallest absolute Gasteiger partial charge is 0.321 e. The third-order valence-electron chi connectivity index (χ3n) is 7.89. The summed E-state index contributed by atoms with van der Waals surface area (Å²) in [6, 6.07) is 15.6. The molecular weight excluding hydrogens is 682 g/mol. The van der Waals surface area contributed by atoms with Crippen molar-refractivity contribution in [2.24, 2.45) is 0 Å². The van der Waals surface area contributed by atoms with Crippen molar-refractivity contribution in [3.63, 3.8) is 0 Å². The number of ketones is 2. The number of rotatable bonds is 9. The van der Waals surface area contributed by atoms with E-state index >= 15 is 4.39 Å². The van der Waals surface area contributed by atoms with Crippen LogP contribution in [0.3, 0.4) is 0 Å². The first-order valence-corrected chi connectivity index (χ1v) is 15.5. The molecule has 234 valence electrons. The number of carbonyl (C=O) groups excluding carboxylic acids is 3. The van der Waals surface area contributed by atoms with Gasteiger partial charge in [0.05, 0.1) is 17.1 Å². The lowest BCUT2D eigenvalue weighted by atomic mass is 9.97. The van der Waals surface area contributed by atoms with E-state index in [1.807, 2.05) is 0 Å². The Kier molecular flexibility index (Phi) is 8.97. The molecule has 0 bridgehead atoms. The molecule has 1 fully saturated rings. The molecule has 12 heteroatoms. The average Bonchev–Trinajstić information content (AvgIpc) is 3.60. The van der Waals surface area contributed by atoms with Gasteiger partial charge < -0.3 is 14.2 Å². The molecule has 5 aromatic rings. The van der Waals surface area contributed by atoms with E-state index in [-0.39, 0.29) is 48.9 Å². The van der Waals surface area contributed by atoms with Crippen molar-refractivity contribution in [1.82, 2.24) is 19.4 Å². The summed E-state index contributed by atoms with van der Waals surface area (Å²) < 4.78 is 38.3. The Morgan fingerprint density at radius 2 is 1.78 bits per heavy atom. The van der Waals surface area contributed by atoms with Crippen molar-refractivity contribution in [2.45, 2.75) is 38.5 Å². The summed E-state index contributed by atoms with van der Waals surface area (Å²) in [6.45, 7) is 0.906. The van der Waals surface area contributed by atoms with Gasteiger partial charge in [-0.15, -0.1) is 0 Å². The lowest BCUT2D eigenvalue weighted by molar-refractivity contribution is -0.137. The number of aromatic nitrogens is 3. The first kappa shape index (κ1) is 31.5. The van der Waals surface area contributed by atoms with Crippen molar-refractivity contribution >= 4 is 55.9 Å². The molecule has 2 atom stereocenters. The molecule has 0 spiro atoms. The highest BCUT2D eigenvalue weighted by atomic mass is 79.9. The van der Waals surface area contributed by atoms with Gasteiger partial charge in [0.15, 0.2) is 11.6 Å². The van der Waals surface area contributed by atoms with E-state index in [0.29, 0.717) is 37.3 Å². The lowest BCUT2D eigenvalue weighted by Crippen LogP contribution is -2.42. The second kappa shape index (κ2) is 13.1. The van der Waals surface area contributed by atoms with Gasteiger partial charge in [-0.3, -0.25) is 14.4 Å². The zero-order valence-corrected chi connectivity index (χ0v) is 26.8. The van der Waals surface area contributed by atoms with Crippen molar-refractivity contribution < 1.29 is 27.9 Å². The molecule has 0 aliphatic carbocycles. The maximum absolute atomic E-state index is 15.6. The van der Waals surface area contributed by atoms with Crippen LogP contribution in [0.5, 0.6) is 11.8 Å². The standard InChI is InChI=1S/C34H26BrClF2N4O4/c1-19(43)27-17-41(29-10-9-23(13-26(27)29)46-34-39-14-21(35)15-40-34)18-32(45)42-16-22(37)12-30(42)31(44)11-20-5-4-7-25(33(20)38)24-6-2-3-8-28(24)36/h2-10,13-15,17,22,30H,11-12,16,18H2,1H3/t22-,30+/m1/s1. The Balaban J connectivity index is 1.22. The summed E-state index contributed by atoms with van der Waals surface area (Å²) in [6.07, 6.45) is 2.72. The minimum atomic E-state index is -1.41. The Hall–Kier alpha value is -4.48. The van der Waals surface area contributed by atoms with Gasteiger partial charge in [-0.1, -0.05) is 48.0 Å². The molecular formula is C34H26BrClF2N4O4. The van der Waals surface area contributed by atoms with Crippen LogP contribution in [0.2, 0.25) is 5.02 Å². The van der Waals surface area contributed by atoms with E-state index < -0.39 is 29.7 Å². The highest BCUT2D eigenvalue weighted by Crippen LogP contribution is 2.33. The van der Waals surface area contributed by atoms with Crippen LogP contribution in [-0.2, 0) is 22.6 Å². The number of likely N-dealkylation sites (tertiary alicyclic amines) is 1. The fourth-order valence-electron chi connectivity index (χ4n) is 5.72. The van der Waals surface area contributed by atoms with Crippen molar-refractivity contribution in [2.75, 3.05) is 6.54 Å². The van der Waals surface area contributed by atoms with Crippen LogP contribution < -0.4 is 4.74 Å². The summed E-state index contributed by atoms with van der Waals surface area (Å²) in [5.74, 6) is -1.41. The zero-order valence-electron chi connectivity index (χ0n) is 24.4. The number of hydrogen-bond donors (Lipinski definition) is 0. The Labute approximate surface area is 276 Å². The predicted octanol–water partition coefficient (Wildman–Crippen LogP) is 7.40. The van der Waals surface area contributed by atoms with Gasteiger partial charge in [0.2, 0.25) is 5.91 Å². The van der Waals surface area contributed by atoms with Gasteiger partial charge in [0.25, 0.3) is 0 Å². The number of ether oxygens (including phenoxy) is 1. The maximum Gasteiger partial charge on any atom is 0.321 e. The van der Waals surface area contributed by atoms with Crippen LogP contribution in [0.4, 0.5) is 8.78 Å². The van der Waals surface area contributed by atoms with Crippen molar-refractivity contribution in [1.29, 1.82) is 0 Å². The summed E-state index contributed by atoms with van der Waals surface area (Å²) in [7, 11) is 0. The number of alkyl halides is 1. The Morgan fingerprint density at radius 3 is 2.52 bits per heavy atom. The zero-order chi connectivity index (χ0) is 32.5. The fraction of sp³-hybridized carbons (Fsp3) is 0.206. The molecule has 0 radical (unpaired) electrons. The van der Waals surface area contributed by atoms with E-state index in [1.54, 1.807) is 65.4 Å². The van der Waals surface area contributed by atoms with E-state index in [2.05, 4.69) is 25.9 Å². The number of fused-ring (bicyclic) bond motifs is 1. The number of amides is 1. The molecule has 1 saturated heterocycles. The average molecular weight is 708 g/mol. The van der Waals surface area contributed by atoms with E-state index in [4.69, 9.17) is 16.3 Å². The predicted molar refractivity (Wildman–Crippen MR) is 172 cm³/mol. The molecule has 3 heterocycles.